The molecule has 2 N–H and O–H groups in total. The highest BCUT2D eigenvalue weighted by Gasteiger charge is 2.21. The van der Waals surface area contributed by atoms with Crippen molar-refractivity contribution in [1.29, 1.82) is 0 Å². The lowest BCUT2D eigenvalue weighted by Gasteiger charge is -2.19. The van der Waals surface area contributed by atoms with Crippen LogP contribution >= 0.6 is 0 Å². The molecule has 0 aliphatic heterocycles. The number of para-hydroxylation sites is 1. The van der Waals surface area contributed by atoms with Gasteiger partial charge >= 0.3 is 0 Å². The molecule has 0 saturated carbocycles. The average molecular weight is 339 g/mol. The van der Waals surface area contributed by atoms with E-state index < -0.39 is 5.41 Å². The largest absolute Gasteiger partial charge is 0.376 e. The van der Waals surface area contributed by atoms with E-state index in [0.717, 1.165) is 11.4 Å². The Morgan fingerprint density at radius 1 is 0.960 bits per heavy atom. The zero-order chi connectivity index (χ0) is 18.4. The average Bonchev–Trinajstić information content (AvgIpc) is 2.59. The van der Waals surface area contributed by atoms with Gasteiger partial charge in [0.15, 0.2) is 0 Å². The molecule has 0 bridgehead atoms. The van der Waals surface area contributed by atoms with Crippen molar-refractivity contribution in [3.05, 3.63) is 54.6 Å². The lowest BCUT2D eigenvalue weighted by Crippen LogP contribution is -2.32. The molecular formula is C20H25N3O2. The molecule has 5 heteroatoms. The van der Waals surface area contributed by atoms with Gasteiger partial charge in [0.1, 0.15) is 0 Å². The molecule has 0 aliphatic rings. The molecule has 2 aromatic rings. The molecule has 0 aliphatic carbocycles. The summed E-state index contributed by atoms with van der Waals surface area (Å²) in [6.07, 6.45) is 0. The normalized spacial score (nSPS) is 10.9. The van der Waals surface area contributed by atoms with Crippen LogP contribution in [0.1, 0.15) is 20.8 Å². The van der Waals surface area contributed by atoms with Crippen molar-refractivity contribution >= 4 is 28.9 Å². The Hall–Kier alpha value is -2.82. The van der Waals surface area contributed by atoms with Gasteiger partial charge in [-0.15, -0.1) is 0 Å². The molecule has 0 aromatic heterocycles. The number of nitrogens with zero attached hydrogens (tertiary/aromatic N) is 1. The third-order valence-corrected chi connectivity index (χ3v) is 3.76. The Kier molecular flexibility index (Phi) is 5.80. The van der Waals surface area contributed by atoms with Crippen LogP contribution in [0.25, 0.3) is 0 Å². The van der Waals surface area contributed by atoms with Gasteiger partial charge in [-0.2, -0.15) is 0 Å². The monoisotopic (exact) mass is 339 g/mol. The van der Waals surface area contributed by atoms with Crippen molar-refractivity contribution in [2.45, 2.75) is 20.8 Å². The summed E-state index contributed by atoms with van der Waals surface area (Å²) in [7, 11) is 1.75. The predicted molar refractivity (Wildman–Crippen MR) is 103 cm³/mol. The highest BCUT2D eigenvalue weighted by Crippen LogP contribution is 2.20. The van der Waals surface area contributed by atoms with E-state index >= 15 is 0 Å². The van der Waals surface area contributed by atoms with E-state index in [4.69, 9.17) is 0 Å². The summed E-state index contributed by atoms with van der Waals surface area (Å²) in [5.41, 5.74) is 1.87. The van der Waals surface area contributed by atoms with E-state index in [2.05, 4.69) is 10.6 Å². The summed E-state index contributed by atoms with van der Waals surface area (Å²) in [4.78, 5) is 26.0. The number of anilines is 3. The topological polar surface area (TPSA) is 61.4 Å². The number of rotatable bonds is 5. The minimum absolute atomic E-state index is 0.0460. The highest BCUT2D eigenvalue weighted by molar-refractivity contribution is 5.96. The molecule has 0 fully saturated rings. The Morgan fingerprint density at radius 2 is 1.60 bits per heavy atom. The van der Waals surface area contributed by atoms with Crippen LogP contribution in [0.4, 0.5) is 17.1 Å². The Labute approximate surface area is 149 Å². The molecule has 25 heavy (non-hydrogen) atoms. The molecule has 2 amide bonds. The quantitative estimate of drug-likeness (QED) is 0.872. The maximum Gasteiger partial charge on any atom is 0.246 e. The van der Waals surface area contributed by atoms with Gasteiger partial charge in [-0.05, 0) is 30.3 Å². The van der Waals surface area contributed by atoms with Crippen molar-refractivity contribution in [3.8, 4) is 0 Å². The van der Waals surface area contributed by atoms with E-state index in [1.165, 1.54) is 0 Å². The summed E-state index contributed by atoms with van der Waals surface area (Å²) in [5, 5.41) is 5.99. The van der Waals surface area contributed by atoms with Gasteiger partial charge in [-0.1, -0.05) is 45.0 Å². The first-order valence-electron chi connectivity index (χ1n) is 8.24. The second-order valence-corrected chi connectivity index (χ2v) is 6.93. The number of carbonyl (C=O) groups excluding carboxylic acids is 2. The van der Waals surface area contributed by atoms with Crippen LogP contribution in [0.2, 0.25) is 0 Å². The summed E-state index contributed by atoms with van der Waals surface area (Å²) in [6.45, 7) is 5.76. The number of hydrogen-bond donors (Lipinski definition) is 2. The molecule has 0 atom stereocenters. The van der Waals surface area contributed by atoms with Gasteiger partial charge in [0.25, 0.3) is 0 Å². The SMILES string of the molecule is CN(C(=O)CNc1cccc(NC(=O)C(C)(C)C)c1)c1ccccc1. The molecular weight excluding hydrogens is 314 g/mol. The molecule has 0 unspecified atom stereocenters. The number of amides is 2. The Bertz CT molecular complexity index is 736. The van der Waals surface area contributed by atoms with Gasteiger partial charge in [-0.3, -0.25) is 9.59 Å². The van der Waals surface area contributed by atoms with Crippen LogP contribution < -0.4 is 15.5 Å². The van der Waals surface area contributed by atoms with Crippen molar-refractivity contribution in [1.82, 2.24) is 0 Å². The molecule has 0 saturated heterocycles. The number of likely N-dealkylation sites (N-methyl/N-ethyl adjacent to an activating group) is 1. The molecule has 0 radical (unpaired) electrons. The van der Waals surface area contributed by atoms with Gasteiger partial charge in [0, 0.05) is 29.5 Å². The second kappa shape index (κ2) is 7.83. The first kappa shape index (κ1) is 18.5. The number of nitrogens with one attached hydrogen (secondary N) is 2. The van der Waals surface area contributed by atoms with Crippen molar-refractivity contribution in [2.75, 3.05) is 29.1 Å². The lowest BCUT2D eigenvalue weighted by atomic mass is 9.95. The van der Waals surface area contributed by atoms with Gasteiger partial charge in [0.05, 0.1) is 6.54 Å². The third kappa shape index (κ3) is 5.35. The van der Waals surface area contributed by atoms with Crippen LogP contribution in [-0.4, -0.2) is 25.4 Å². The number of carbonyl (C=O) groups is 2. The van der Waals surface area contributed by atoms with E-state index in [9.17, 15) is 9.59 Å². The first-order chi connectivity index (χ1) is 11.8. The zero-order valence-electron chi connectivity index (χ0n) is 15.2. The summed E-state index contributed by atoms with van der Waals surface area (Å²) < 4.78 is 0. The maximum absolute atomic E-state index is 12.3. The molecule has 2 rings (SSSR count). The lowest BCUT2D eigenvalue weighted by molar-refractivity contribution is -0.123. The molecule has 0 spiro atoms. The van der Waals surface area contributed by atoms with Crippen LogP contribution in [0.15, 0.2) is 54.6 Å². The standard InChI is InChI=1S/C20H25N3O2/c1-20(2,3)19(25)22-16-10-8-9-15(13-16)21-14-18(24)23(4)17-11-6-5-7-12-17/h5-13,21H,14H2,1-4H3,(H,22,25). The minimum atomic E-state index is -0.461. The van der Waals surface area contributed by atoms with E-state index in [-0.39, 0.29) is 18.4 Å². The number of hydrogen-bond acceptors (Lipinski definition) is 3. The number of benzene rings is 2. The van der Waals surface area contributed by atoms with E-state index in [1.54, 1.807) is 11.9 Å². The predicted octanol–water partition coefficient (Wildman–Crippen LogP) is 3.75. The molecule has 5 nitrogen and oxygen atoms in total. The fourth-order valence-corrected chi connectivity index (χ4v) is 2.12. The van der Waals surface area contributed by atoms with Gasteiger partial charge < -0.3 is 15.5 Å². The van der Waals surface area contributed by atoms with Crippen LogP contribution in [0.3, 0.4) is 0 Å². The van der Waals surface area contributed by atoms with Crippen LogP contribution in [0, 0.1) is 5.41 Å². The van der Waals surface area contributed by atoms with Crippen molar-refractivity contribution in [2.24, 2.45) is 5.41 Å². The first-order valence-corrected chi connectivity index (χ1v) is 8.24. The summed E-state index contributed by atoms with van der Waals surface area (Å²) in [5.74, 6) is -0.0973. The van der Waals surface area contributed by atoms with Crippen molar-refractivity contribution < 1.29 is 9.59 Å². The highest BCUT2D eigenvalue weighted by atomic mass is 16.2. The third-order valence-electron chi connectivity index (χ3n) is 3.76. The second-order valence-electron chi connectivity index (χ2n) is 6.93. The Morgan fingerprint density at radius 3 is 2.24 bits per heavy atom. The smallest absolute Gasteiger partial charge is 0.246 e. The van der Waals surface area contributed by atoms with E-state index in [0.29, 0.717) is 5.69 Å². The molecule has 2 aromatic carbocycles. The summed E-state index contributed by atoms with van der Waals surface area (Å²) >= 11 is 0. The van der Waals surface area contributed by atoms with Crippen LogP contribution in [-0.2, 0) is 9.59 Å². The van der Waals surface area contributed by atoms with Crippen LogP contribution in [0.5, 0.6) is 0 Å². The van der Waals surface area contributed by atoms with E-state index in [1.807, 2.05) is 75.4 Å². The fraction of sp³-hybridized carbons (Fsp3) is 0.300. The zero-order valence-corrected chi connectivity index (χ0v) is 15.2. The summed E-state index contributed by atoms with van der Waals surface area (Å²) in [6, 6.07) is 16.8. The fourth-order valence-electron chi connectivity index (χ4n) is 2.12. The minimum Gasteiger partial charge on any atom is -0.376 e. The maximum atomic E-state index is 12.3. The molecule has 132 valence electrons. The van der Waals surface area contributed by atoms with Gasteiger partial charge in [-0.25, -0.2) is 0 Å². The Balaban J connectivity index is 1.96. The van der Waals surface area contributed by atoms with Gasteiger partial charge in [0.2, 0.25) is 11.8 Å². The van der Waals surface area contributed by atoms with Crippen molar-refractivity contribution in [3.63, 3.8) is 0 Å². The molecule has 0 heterocycles.